The van der Waals surface area contributed by atoms with Gasteiger partial charge in [0, 0.05) is 0 Å². The van der Waals surface area contributed by atoms with Gasteiger partial charge in [-0.1, -0.05) is 88.5 Å². The van der Waals surface area contributed by atoms with Crippen molar-refractivity contribution in [2.24, 2.45) is 35.3 Å². The zero-order valence-corrected chi connectivity index (χ0v) is 75.9. The number of ether oxygens (including phenoxy) is 1. The number of nitrogens with one attached hydrogen (secondary N) is 24. The average Bonchev–Trinajstić information content (AvgIpc) is 0.845. The molecular weight excluding hydrogens is 1700 g/mol. The molecule has 0 unspecified atom stereocenters. The summed E-state index contributed by atoms with van der Waals surface area (Å²) >= 11 is 0. The van der Waals surface area contributed by atoms with Crippen LogP contribution < -0.4 is 133 Å². The van der Waals surface area contributed by atoms with E-state index in [-0.39, 0.29) is 50.6 Å². The Morgan fingerprint density at radius 1 is 0.271 bits per heavy atom. The Kier molecular flexibility index (Phi) is 55.9. The highest BCUT2D eigenvalue weighted by Gasteiger charge is 2.40. The van der Waals surface area contributed by atoms with Gasteiger partial charge in [0.25, 0.3) is 53.2 Å². The number of hydrogen-bond acceptors (Lipinski definition) is 36. The number of amides is 15. The van der Waals surface area contributed by atoms with Gasteiger partial charge in [0.2, 0.25) is 35.4 Å². The number of nitrogens with two attached hydrogens (primary N) is 1. The topological polar surface area (TPSA) is 751 Å². The van der Waals surface area contributed by atoms with Crippen molar-refractivity contribution in [3.63, 3.8) is 0 Å². The molecule has 0 spiro atoms. The number of hydrogen-bond donors (Lipinski definition) is 25. The molecule has 0 aromatic rings. The predicted octanol–water partition coefficient (Wildman–Crippen LogP) is -12.3. The molecule has 51 nitrogen and oxygen atoms in total. The third kappa shape index (κ3) is 42.8. The number of carbonyl (C=O) groups excluding carboxylic acids is 25. The molecule has 0 heterocycles. The third-order valence-corrected chi connectivity index (χ3v) is 19.7. The molecule has 0 fully saturated rings. The summed E-state index contributed by atoms with van der Waals surface area (Å²) in [6, 6.07) is -17.9. The fourth-order valence-electron chi connectivity index (χ4n) is 11.0. The van der Waals surface area contributed by atoms with E-state index < -0.39 is 265 Å². The Bertz CT molecular complexity index is 3810. The van der Waals surface area contributed by atoms with Crippen LogP contribution in [0, 0.1) is 29.6 Å². The Balaban J connectivity index is 7.53. The van der Waals surface area contributed by atoms with E-state index in [2.05, 4.69) is 132 Å². The first-order valence-corrected chi connectivity index (χ1v) is 41.8. The number of methoxy groups -OCH3 is 1. The summed E-state index contributed by atoms with van der Waals surface area (Å²) in [5, 5.41) is 57.7. The lowest BCUT2D eigenvalue weighted by Gasteiger charge is -2.32. The molecule has 51 heteroatoms. The molecule has 0 aliphatic carbocycles. The van der Waals surface area contributed by atoms with Gasteiger partial charge in [0.05, 0.1) is 63.0 Å². The van der Waals surface area contributed by atoms with E-state index in [1.807, 2.05) is 0 Å². The molecule has 0 saturated heterocycles. The molecule has 0 bridgehead atoms. The van der Waals surface area contributed by atoms with E-state index in [4.69, 9.17) is 5.73 Å². The zero-order valence-electron chi connectivity index (χ0n) is 75.9. The molecule has 726 valence electrons. The highest BCUT2D eigenvalue weighted by molar-refractivity contribution is 6.01. The van der Waals surface area contributed by atoms with Gasteiger partial charge in [-0.25, -0.2) is 4.79 Å². The number of aldehydes is 9. The van der Waals surface area contributed by atoms with Crippen molar-refractivity contribution in [2.75, 3.05) is 26.7 Å². The van der Waals surface area contributed by atoms with Crippen LogP contribution in [0.5, 0.6) is 0 Å². The van der Waals surface area contributed by atoms with Gasteiger partial charge in [-0.3, -0.25) is 120 Å². The maximum absolute atomic E-state index is 15.0. The van der Waals surface area contributed by atoms with Crippen molar-refractivity contribution in [2.45, 2.75) is 284 Å². The van der Waals surface area contributed by atoms with E-state index in [1.165, 1.54) is 34.6 Å². The zero-order chi connectivity index (χ0) is 98.8. The fraction of sp³-hybridized carbons (Fsp3) is 0.679. The van der Waals surface area contributed by atoms with E-state index in [0.717, 1.165) is 27.9 Å². The van der Waals surface area contributed by atoms with Crippen LogP contribution in [0.3, 0.4) is 0 Å². The average molecular weight is 1840 g/mol. The second-order valence-corrected chi connectivity index (χ2v) is 31.2. The van der Waals surface area contributed by atoms with E-state index >= 15 is 0 Å². The highest BCUT2D eigenvalue weighted by Crippen LogP contribution is 2.12. The molecule has 0 radical (unpaired) electrons. The minimum atomic E-state index is -2.19. The first-order chi connectivity index (χ1) is 60.6. The SMILES string of the molecule is CC[C@@H](C)[C@H](C=O)N[C@@H](NC(=O)[C@H](C)NC(=O)[C@H](C)NC(=O)[C@@H](NCC=O)NC(=O)[C@@H](NC(=O)[C@@H](NC(=O)[C@@H](NC(=O)[C@@H](NC(=O)[C@H](C)NC(=O)[C@H](C)NC(=O)[C@H](NCC=O)NC(=O)[C@@H](NC(=O)[C@H](C)NC(=O)[C@@H](N)NCC=O)N[C@@H](C=O)C(C)C)N[C@@H](C=O)CC(C)C)N[C@@H](C)C=O)N[C@@H](C=O)[C@H](C)CC)N[C@@H](C=O)[C@H](C)CC)C(=O)N[C@@H](C)C(=O)N[C@@H](C)C(=O)OC. The summed E-state index contributed by atoms with van der Waals surface area (Å²) in [4.78, 5) is 331. The minimum Gasteiger partial charge on any atom is -0.467 e. The summed E-state index contributed by atoms with van der Waals surface area (Å²) in [5.74, 6) is -20.9. The van der Waals surface area contributed by atoms with Gasteiger partial charge in [0.15, 0.2) is 49.3 Å². The second-order valence-electron chi connectivity index (χ2n) is 31.2. The smallest absolute Gasteiger partial charge is 0.328 e. The van der Waals surface area contributed by atoms with Crippen molar-refractivity contribution in [3.8, 4) is 0 Å². The molecule has 0 saturated carbocycles. The number of carbonyl (C=O) groups is 25. The van der Waals surface area contributed by atoms with Crippen molar-refractivity contribution >= 4 is 151 Å². The largest absolute Gasteiger partial charge is 0.467 e. The maximum Gasteiger partial charge on any atom is 0.328 e. The van der Waals surface area contributed by atoms with Gasteiger partial charge in [-0.15, -0.1) is 0 Å². The van der Waals surface area contributed by atoms with E-state index in [1.54, 1.807) is 69.2 Å². The quantitative estimate of drug-likeness (QED) is 0.0153. The Hall–Kier alpha value is -11.8. The number of esters is 1. The normalized spacial score (nSPS) is 17.0. The first kappa shape index (κ1) is 117. The van der Waals surface area contributed by atoms with Crippen LogP contribution in [0.4, 0.5) is 0 Å². The third-order valence-electron chi connectivity index (χ3n) is 19.7. The summed E-state index contributed by atoms with van der Waals surface area (Å²) in [6.45, 7) is 24.3. The molecule has 15 amide bonds. The standard InChI is InChI=1S/C78H133N25O26/c1-20-38(8)51(33-110)93-59(72(122)89-44(14)65(115)90-48(18)78(128)129-19)99-67(117)46(16)85-64(114)43(13)88-71(121)56(82-25-28-106)97-76(126)61(94-52(34-111)39(9)21-2)103-77(127)62(95-53(35-112)40(10)22-3)102-73(123)57(83-41(11)30-107)101-74(124)58(91-49(31-108)29-36(4)5)98-66(116)45(15)84-63(113)42(12)87-70(120)55(81-24-27-105)96-75(125)60(92-50(32-109)37(6)7)100-68(118)47(17)86-69(119)54(79)80-23-26-104/h26-28,30-62,80-83,91-95H,20-25,29,79H2,1-19H3,(H,84,113)(H,85,114)(H,86,119)(H,87,120)(H,88,121)(H,89,122)(H,90,115)(H,96,125)(H,97,126)(H,98,116)(H,99,117)(H,100,118)(H,101,124)(H,102,123)(H,103,127)/t38-,39-,40-,41+,42+,43+,44+,45+,46+,47+,48+,49-,50+,51+,52+,53+,54+,55-,56+,57-,58-,59+,60-,61-,62-/m1/s1. The Labute approximate surface area is 747 Å². The van der Waals surface area contributed by atoms with Crippen molar-refractivity contribution < 1.29 is 125 Å². The molecule has 0 aromatic carbocycles. The molecular formula is C78H133N25O26. The Morgan fingerprint density at radius 3 is 0.783 bits per heavy atom. The monoisotopic (exact) mass is 1840 g/mol. The predicted molar refractivity (Wildman–Crippen MR) is 457 cm³/mol. The van der Waals surface area contributed by atoms with Crippen LogP contribution in [0.2, 0.25) is 0 Å². The van der Waals surface area contributed by atoms with Gasteiger partial charge < -0.3 is 133 Å². The molecule has 0 aromatic heterocycles. The van der Waals surface area contributed by atoms with Gasteiger partial charge in [-0.2, -0.15) is 0 Å². The van der Waals surface area contributed by atoms with Crippen LogP contribution in [0.25, 0.3) is 0 Å². The summed E-state index contributed by atoms with van der Waals surface area (Å²) in [7, 11) is 1.09. The van der Waals surface area contributed by atoms with Crippen LogP contribution in [0.1, 0.15) is 150 Å². The van der Waals surface area contributed by atoms with Crippen LogP contribution in [-0.2, 0) is 125 Å². The van der Waals surface area contributed by atoms with Gasteiger partial charge in [-0.05, 0) is 91.4 Å². The summed E-state index contributed by atoms with van der Waals surface area (Å²) in [6.07, 6.45) is -13.4. The van der Waals surface area contributed by atoms with Crippen molar-refractivity contribution in [1.82, 2.24) is 128 Å². The molecule has 0 rings (SSSR count). The lowest BCUT2D eigenvalue weighted by Crippen LogP contribution is -2.70. The van der Waals surface area contributed by atoms with Crippen LogP contribution in [0.15, 0.2) is 0 Å². The minimum absolute atomic E-state index is 0.00729. The summed E-state index contributed by atoms with van der Waals surface area (Å²) in [5.41, 5.74) is 5.70. The molecule has 129 heavy (non-hydrogen) atoms. The highest BCUT2D eigenvalue weighted by atomic mass is 16.5. The summed E-state index contributed by atoms with van der Waals surface area (Å²) < 4.78 is 4.62. The molecule has 0 aliphatic rings. The molecule has 26 N–H and O–H groups in total. The lowest BCUT2D eigenvalue weighted by molar-refractivity contribution is -0.145. The van der Waals surface area contributed by atoms with E-state index in [0.29, 0.717) is 44.1 Å². The first-order valence-electron chi connectivity index (χ1n) is 41.8. The number of rotatable bonds is 67. The maximum atomic E-state index is 15.0. The van der Waals surface area contributed by atoms with Gasteiger partial charge >= 0.3 is 5.97 Å². The van der Waals surface area contributed by atoms with Crippen LogP contribution >= 0.6 is 0 Å². The van der Waals surface area contributed by atoms with Crippen molar-refractivity contribution in [3.05, 3.63) is 0 Å². The van der Waals surface area contributed by atoms with E-state index in [9.17, 15) is 120 Å². The lowest BCUT2D eigenvalue weighted by atomic mass is 10.00. The molecule has 25 atom stereocenters. The molecule has 0 aliphatic heterocycles. The Morgan fingerprint density at radius 2 is 0.512 bits per heavy atom. The van der Waals surface area contributed by atoms with Crippen LogP contribution in [-0.4, -0.2) is 312 Å². The second kappa shape index (κ2) is 61.6. The fourth-order valence-corrected chi connectivity index (χ4v) is 11.0. The van der Waals surface area contributed by atoms with Crippen molar-refractivity contribution in [1.29, 1.82) is 0 Å². The van der Waals surface area contributed by atoms with Gasteiger partial charge in [0.1, 0.15) is 105 Å².